The van der Waals surface area contributed by atoms with E-state index in [9.17, 15) is 4.79 Å². The van der Waals surface area contributed by atoms with Crippen LogP contribution in [-0.4, -0.2) is 38.3 Å². The third-order valence-corrected chi connectivity index (χ3v) is 4.13. The van der Waals surface area contributed by atoms with Crippen LogP contribution in [0.15, 0.2) is 48.9 Å². The van der Waals surface area contributed by atoms with E-state index < -0.39 is 0 Å². The first kappa shape index (κ1) is 13.3. The number of halogens is 1. The zero-order valence-electron chi connectivity index (χ0n) is 11.7. The maximum absolute atomic E-state index is 12.5. The Bertz CT molecular complexity index is 840. The molecule has 22 heavy (non-hydrogen) atoms. The number of hydrogen-bond acceptors (Lipinski definition) is 3. The number of pyridine rings is 2. The molecule has 0 radical (unpaired) electrons. The van der Waals surface area contributed by atoms with Crippen molar-refractivity contribution in [2.45, 2.75) is 5.92 Å². The lowest BCUT2D eigenvalue weighted by atomic mass is 9.95. The maximum Gasteiger partial charge on any atom is 0.274 e. The largest absolute Gasteiger partial charge is 0.336 e. The molecule has 0 aromatic carbocycles. The molecule has 0 bridgehead atoms. The maximum atomic E-state index is 12.5. The highest BCUT2D eigenvalue weighted by Gasteiger charge is 2.33. The summed E-state index contributed by atoms with van der Waals surface area (Å²) >= 11 is 5.94. The van der Waals surface area contributed by atoms with Gasteiger partial charge in [-0.05, 0) is 24.3 Å². The molecule has 110 valence electrons. The number of carbonyl (C=O) groups is 1. The van der Waals surface area contributed by atoms with E-state index >= 15 is 0 Å². The summed E-state index contributed by atoms with van der Waals surface area (Å²) in [5.74, 6) is 0.267. The number of rotatable bonds is 2. The molecule has 6 heteroatoms. The van der Waals surface area contributed by atoms with Gasteiger partial charge in [-0.1, -0.05) is 17.7 Å². The van der Waals surface area contributed by atoms with Crippen LogP contribution in [0.4, 0.5) is 0 Å². The van der Waals surface area contributed by atoms with Crippen molar-refractivity contribution in [2.75, 3.05) is 13.1 Å². The fraction of sp³-hybridized carbons (Fsp3) is 0.188. The highest BCUT2D eigenvalue weighted by atomic mass is 35.5. The minimum atomic E-state index is -0.0491. The van der Waals surface area contributed by atoms with Crippen LogP contribution in [-0.2, 0) is 0 Å². The molecule has 4 heterocycles. The van der Waals surface area contributed by atoms with Crippen LogP contribution in [0.3, 0.4) is 0 Å². The average Bonchev–Trinajstić information content (AvgIpc) is 2.89. The van der Waals surface area contributed by atoms with E-state index in [2.05, 4.69) is 9.97 Å². The fourth-order valence-electron chi connectivity index (χ4n) is 2.68. The zero-order chi connectivity index (χ0) is 15.1. The van der Waals surface area contributed by atoms with Gasteiger partial charge in [0, 0.05) is 43.3 Å². The van der Waals surface area contributed by atoms with E-state index in [0.29, 0.717) is 29.7 Å². The van der Waals surface area contributed by atoms with Crippen molar-refractivity contribution in [2.24, 2.45) is 0 Å². The van der Waals surface area contributed by atoms with Crippen LogP contribution in [0.2, 0.25) is 5.02 Å². The summed E-state index contributed by atoms with van der Waals surface area (Å²) in [7, 11) is 0. The van der Waals surface area contributed by atoms with Gasteiger partial charge >= 0.3 is 0 Å². The van der Waals surface area contributed by atoms with Gasteiger partial charge in [-0.3, -0.25) is 9.78 Å². The van der Waals surface area contributed by atoms with Crippen LogP contribution in [0.5, 0.6) is 0 Å². The highest BCUT2D eigenvalue weighted by molar-refractivity contribution is 6.30. The molecule has 0 saturated carbocycles. The molecule has 1 amide bonds. The molecule has 3 aromatic rings. The molecule has 1 saturated heterocycles. The van der Waals surface area contributed by atoms with Crippen molar-refractivity contribution in [1.82, 2.24) is 19.3 Å². The van der Waals surface area contributed by atoms with Crippen LogP contribution in [0, 0.1) is 0 Å². The molecular formula is C16H13ClN4O. The molecule has 1 aliphatic heterocycles. The number of carbonyl (C=O) groups excluding carboxylic acids is 1. The molecule has 1 fully saturated rings. The summed E-state index contributed by atoms with van der Waals surface area (Å²) in [6.07, 6.45) is 5.25. The van der Waals surface area contributed by atoms with Gasteiger partial charge in [0.15, 0.2) is 0 Å². The molecule has 5 nitrogen and oxygen atoms in total. The van der Waals surface area contributed by atoms with E-state index in [4.69, 9.17) is 11.6 Å². The fourth-order valence-corrected chi connectivity index (χ4v) is 2.85. The lowest BCUT2D eigenvalue weighted by Crippen LogP contribution is -2.48. The molecular weight excluding hydrogens is 300 g/mol. The summed E-state index contributed by atoms with van der Waals surface area (Å²) in [6, 6.07) is 9.43. The van der Waals surface area contributed by atoms with Crippen LogP contribution < -0.4 is 0 Å². The summed E-state index contributed by atoms with van der Waals surface area (Å²) in [4.78, 5) is 22.9. The van der Waals surface area contributed by atoms with Crippen LogP contribution in [0.25, 0.3) is 5.65 Å². The predicted molar refractivity (Wildman–Crippen MR) is 83.1 cm³/mol. The van der Waals surface area contributed by atoms with E-state index in [1.807, 2.05) is 18.2 Å². The minimum Gasteiger partial charge on any atom is -0.336 e. The monoisotopic (exact) mass is 312 g/mol. The van der Waals surface area contributed by atoms with Crippen molar-refractivity contribution in [3.8, 4) is 0 Å². The summed E-state index contributed by atoms with van der Waals surface area (Å²) < 4.78 is 1.77. The number of likely N-dealkylation sites (tertiary alicyclic amines) is 1. The Morgan fingerprint density at radius 1 is 1.18 bits per heavy atom. The second-order valence-electron chi connectivity index (χ2n) is 5.40. The normalized spacial score (nSPS) is 15.0. The zero-order valence-corrected chi connectivity index (χ0v) is 12.4. The number of aromatic nitrogens is 3. The Morgan fingerprint density at radius 2 is 2.05 bits per heavy atom. The van der Waals surface area contributed by atoms with Gasteiger partial charge in [-0.15, -0.1) is 0 Å². The Labute approximate surface area is 132 Å². The standard InChI is InChI=1S/C16H13ClN4O/c17-12-4-5-15-19-14(10-20(15)9-12)16(22)21-7-11(8-21)13-3-1-2-6-18-13/h1-6,9-11H,7-8H2. The Kier molecular flexibility index (Phi) is 3.08. The number of amides is 1. The second kappa shape index (κ2) is 5.10. The number of hydrogen-bond donors (Lipinski definition) is 0. The van der Waals surface area contributed by atoms with Crippen molar-refractivity contribution < 1.29 is 4.79 Å². The van der Waals surface area contributed by atoms with Crippen molar-refractivity contribution in [3.05, 3.63) is 65.3 Å². The first-order valence-electron chi connectivity index (χ1n) is 7.05. The van der Waals surface area contributed by atoms with Crippen LogP contribution in [0.1, 0.15) is 22.1 Å². The Balaban J connectivity index is 1.50. The van der Waals surface area contributed by atoms with Gasteiger partial charge in [0.1, 0.15) is 11.3 Å². The van der Waals surface area contributed by atoms with E-state index in [1.165, 1.54) is 0 Å². The molecule has 3 aromatic heterocycles. The smallest absolute Gasteiger partial charge is 0.274 e. The van der Waals surface area contributed by atoms with Gasteiger partial charge in [-0.25, -0.2) is 4.98 Å². The van der Waals surface area contributed by atoms with Gasteiger partial charge in [0.25, 0.3) is 5.91 Å². The second-order valence-corrected chi connectivity index (χ2v) is 5.84. The van der Waals surface area contributed by atoms with Gasteiger partial charge < -0.3 is 9.30 Å². The SMILES string of the molecule is O=C(c1cn2cc(Cl)ccc2n1)N1CC(c2ccccn2)C1. The molecule has 0 N–H and O–H groups in total. The quantitative estimate of drug-likeness (QED) is 0.731. The third-order valence-electron chi connectivity index (χ3n) is 3.91. The van der Waals surface area contributed by atoms with E-state index in [1.54, 1.807) is 40.0 Å². The molecule has 1 aliphatic rings. The summed E-state index contributed by atoms with van der Waals surface area (Å²) in [5.41, 5.74) is 2.20. The number of fused-ring (bicyclic) bond motifs is 1. The third kappa shape index (κ3) is 2.23. The first-order chi connectivity index (χ1) is 10.7. The van der Waals surface area contributed by atoms with Crippen LogP contribution >= 0.6 is 11.6 Å². The molecule has 0 unspecified atom stereocenters. The average molecular weight is 313 g/mol. The van der Waals surface area contributed by atoms with E-state index in [-0.39, 0.29) is 5.91 Å². The predicted octanol–water partition coefficient (Wildman–Crippen LogP) is 2.62. The topological polar surface area (TPSA) is 50.5 Å². The number of nitrogens with zero attached hydrogens (tertiary/aromatic N) is 4. The molecule has 4 rings (SSSR count). The first-order valence-corrected chi connectivity index (χ1v) is 7.43. The summed E-state index contributed by atoms with van der Waals surface area (Å²) in [6.45, 7) is 1.37. The van der Waals surface area contributed by atoms with Crippen molar-refractivity contribution >= 4 is 23.2 Å². The van der Waals surface area contributed by atoms with Gasteiger partial charge in [0.2, 0.25) is 0 Å². The highest BCUT2D eigenvalue weighted by Crippen LogP contribution is 2.26. The Morgan fingerprint density at radius 3 is 2.82 bits per heavy atom. The van der Waals surface area contributed by atoms with Crippen molar-refractivity contribution in [3.63, 3.8) is 0 Å². The lowest BCUT2D eigenvalue weighted by Gasteiger charge is -2.38. The molecule has 0 aliphatic carbocycles. The van der Waals surface area contributed by atoms with Crippen molar-refractivity contribution in [1.29, 1.82) is 0 Å². The minimum absolute atomic E-state index is 0.0491. The number of imidazole rings is 1. The lowest BCUT2D eigenvalue weighted by molar-refractivity contribution is 0.0593. The molecule has 0 atom stereocenters. The van der Waals surface area contributed by atoms with Gasteiger partial charge in [0.05, 0.1) is 5.02 Å². The van der Waals surface area contributed by atoms with E-state index in [0.717, 1.165) is 11.3 Å². The Hall–Kier alpha value is -2.40. The summed E-state index contributed by atoms with van der Waals surface area (Å²) in [5, 5.41) is 0.614. The molecule has 0 spiro atoms. The van der Waals surface area contributed by atoms with Gasteiger partial charge in [-0.2, -0.15) is 0 Å².